The molecule has 1 unspecified atom stereocenters. The summed E-state index contributed by atoms with van der Waals surface area (Å²) in [7, 11) is 1.63. The van der Waals surface area contributed by atoms with E-state index < -0.39 is 0 Å². The van der Waals surface area contributed by atoms with E-state index in [4.69, 9.17) is 10.5 Å². The molecule has 1 aliphatic heterocycles. The van der Waals surface area contributed by atoms with Crippen molar-refractivity contribution < 1.29 is 9.53 Å². The van der Waals surface area contributed by atoms with Crippen molar-refractivity contribution in [3.63, 3.8) is 0 Å². The molecule has 3 N–H and O–H groups in total. The van der Waals surface area contributed by atoms with Gasteiger partial charge in [-0.05, 0) is 55.3 Å². The molecule has 1 saturated heterocycles. The van der Waals surface area contributed by atoms with Crippen LogP contribution in [0.15, 0.2) is 41.1 Å². The smallest absolute Gasteiger partial charge is 0.275 e. The molecule has 0 bridgehead atoms. The van der Waals surface area contributed by atoms with Crippen LogP contribution < -0.4 is 20.7 Å². The summed E-state index contributed by atoms with van der Waals surface area (Å²) < 4.78 is 5.40. The summed E-state index contributed by atoms with van der Waals surface area (Å²) in [6, 6.07) is 9.85. The summed E-state index contributed by atoms with van der Waals surface area (Å²) in [6.45, 7) is 2.63. The first-order valence-electron chi connectivity index (χ1n) is 10.1. The molecule has 158 valence electrons. The minimum atomic E-state index is -0.209. The lowest BCUT2D eigenvalue weighted by atomic mass is 9.94. The van der Waals surface area contributed by atoms with Crippen LogP contribution in [-0.2, 0) is 0 Å². The Kier molecular flexibility index (Phi) is 6.66. The second kappa shape index (κ2) is 9.59. The van der Waals surface area contributed by atoms with Crippen LogP contribution in [0, 0.1) is 5.92 Å². The standard InChI is InChI=1S/C22H26N4O2S2/c1-28-16-6-7-19(26-10-2-4-15(13-26)8-9-23)17(12-16)24-21(27)18-14-30-22(25-18)20-5-3-11-29-20/h3,5-7,11-12,14-15H,2,4,8-10,13,23H2,1H3,(H,24,27). The Morgan fingerprint density at radius 2 is 2.27 bits per heavy atom. The quantitative estimate of drug-likeness (QED) is 0.554. The molecule has 0 saturated carbocycles. The van der Waals surface area contributed by atoms with Gasteiger partial charge < -0.3 is 20.7 Å². The van der Waals surface area contributed by atoms with Crippen LogP contribution >= 0.6 is 22.7 Å². The van der Waals surface area contributed by atoms with E-state index in [0.717, 1.165) is 47.2 Å². The lowest BCUT2D eigenvalue weighted by molar-refractivity contribution is 0.102. The fraction of sp³-hybridized carbons (Fsp3) is 0.364. The number of anilines is 2. The average molecular weight is 443 g/mol. The number of hydrogen-bond donors (Lipinski definition) is 2. The maximum absolute atomic E-state index is 13.0. The summed E-state index contributed by atoms with van der Waals surface area (Å²) in [6.07, 6.45) is 3.36. The molecule has 1 fully saturated rings. The largest absolute Gasteiger partial charge is 0.497 e. The van der Waals surface area contributed by atoms with Gasteiger partial charge in [-0.2, -0.15) is 0 Å². The number of nitrogens with two attached hydrogens (primary N) is 1. The first-order valence-corrected chi connectivity index (χ1v) is 11.9. The number of carbonyl (C=O) groups excluding carboxylic acids is 1. The van der Waals surface area contributed by atoms with Gasteiger partial charge in [-0.25, -0.2) is 4.98 Å². The maximum Gasteiger partial charge on any atom is 0.275 e. The number of carbonyl (C=O) groups is 1. The molecular formula is C22H26N4O2S2. The van der Waals surface area contributed by atoms with Crippen molar-refractivity contribution in [1.82, 2.24) is 4.98 Å². The first kappa shape index (κ1) is 20.8. The molecule has 1 aromatic carbocycles. The van der Waals surface area contributed by atoms with Crippen LogP contribution in [0.3, 0.4) is 0 Å². The van der Waals surface area contributed by atoms with Crippen LogP contribution in [0.25, 0.3) is 9.88 Å². The SMILES string of the molecule is COc1ccc(N2CCCC(CCN)C2)c(NC(=O)c2csc(-c3cccs3)n2)c1. The normalized spacial score (nSPS) is 16.5. The Bertz CT molecular complexity index is 985. The lowest BCUT2D eigenvalue weighted by Crippen LogP contribution is -2.36. The van der Waals surface area contributed by atoms with Gasteiger partial charge in [0.25, 0.3) is 5.91 Å². The van der Waals surface area contributed by atoms with Gasteiger partial charge in [0, 0.05) is 24.5 Å². The first-order chi connectivity index (χ1) is 14.7. The number of nitrogens with one attached hydrogen (secondary N) is 1. The van der Waals surface area contributed by atoms with Gasteiger partial charge in [0.1, 0.15) is 16.5 Å². The number of aromatic nitrogens is 1. The van der Waals surface area contributed by atoms with E-state index in [2.05, 4.69) is 15.2 Å². The van der Waals surface area contributed by atoms with E-state index in [1.165, 1.54) is 17.8 Å². The van der Waals surface area contributed by atoms with Gasteiger partial charge in [0.2, 0.25) is 0 Å². The Morgan fingerprint density at radius 1 is 1.37 bits per heavy atom. The van der Waals surface area contributed by atoms with Gasteiger partial charge in [-0.3, -0.25) is 4.79 Å². The number of hydrogen-bond acceptors (Lipinski definition) is 7. The Labute approximate surface area is 184 Å². The zero-order valence-electron chi connectivity index (χ0n) is 17.0. The van der Waals surface area contributed by atoms with Crippen LogP contribution in [0.2, 0.25) is 0 Å². The highest BCUT2D eigenvalue weighted by atomic mass is 32.1. The number of amides is 1. The van der Waals surface area contributed by atoms with Gasteiger partial charge in [0.05, 0.1) is 23.4 Å². The molecule has 2 aromatic heterocycles. The molecular weight excluding hydrogens is 416 g/mol. The van der Waals surface area contributed by atoms with Gasteiger partial charge >= 0.3 is 0 Å². The fourth-order valence-electron chi connectivity index (χ4n) is 3.85. The number of piperidine rings is 1. The summed E-state index contributed by atoms with van der Waals surface area (Å²) in [5.41, 5.74) is 7.97. The second-order valence-electron chi connectivity index (χ2n) is 7.38. The predicted molar refractivity (Wildman–Crippen MR) is 125 cm³/mol. The predicted octanol–water partition coefficient (Wildman–Crippen LogP) is 4.70. The van der Waals surface area contributed by atoms with E-state index in [-0.39, 0.29) is 5.91 Å². The number of benzene rings is 1. The van der Waals surface area contributed by atoms with Crippen molar-refractivity contribution in [2.45, 2.75) is 19.3 Å². The third-order valence-electron chi connectivity index (χ3n) is 5.36. The summed E-state index contributed by atoms with van der Waals surface area (Å²) in [5, 5.41) is 7.75. The molecule has 0 spiro atoms. The monoisotopic (exact) mass is 442 g/mol. The molecule has 8 heteroatoms. The minimum absolute atomic E-state index is 0.209. The fourth-order valence-corrected chi connectivity index (χ4v) is 5.47. The summed E-state index contributed by atoms with van der Waals surface area (Å²) >= 11 is 3.10. The molecule has 1 atom stereocenters. The highest BCUT2D eigenvalue weighted by Gasteiger charge is 2.23. The van der Waals surface area contributed by atoms with E-state index in [0.29, 0.717) is 23.9 Å². The van der Waals surface area contributed by atoms with Crippen molar-refractivity contribution >= 4 is 40.0 Å². The molecule has 4 rings (SSSR count). The number of thiazole rings is 1. The molecule has 3 aromatic rings. The van der Waals surface area contributed by atoms with Crippen LogP contribution in [0.5, 0.6) is 5.75 Å². The van der Waals surface area contributed by atoms with Crippen molar-refractivity contribution in [1.29, 1.82) is 0 Å². The van der Waals surface area contributed by atoms with E-state index >= 15 is 0 Å². The summed E-state index contributed by atoms with van der Waals surface area (Å²) in [5.74, 6) is 1.09. The third-order valence-corrected chi connectivity index (χ3v) is 7.24. The summed E-state index contributed by atoms with van der Waals surface area (Å²) in [4.78, 5) is 20.9. The maximum atomic E-state index is 13.0. The van der Waals surface area contributed by atoms with Crippen molar-refractivity contribution in [3.8, 4) is 15.6 Å². The van der Waals surface area contributed by atoms with Crippen LogP contribution in [-0.4, -0.2) is 37.6 Å². The zero-order chi connectivity index (χ0) is 20.9. The molecule has 1 amide bonds. The molecule has 1 aliphatic rings. The third kappa shape index (κ3) is 4.66. The van der Waals surface area contributed by atoms with Gasteiger partial charge in [-0.15, -0.1) is 22.7 Å². The highest BCUT2D eigenvalue weighted by molar-refractivity contribution is 7.20. The molecule has 3 heterocycles. The molecule has 0 aliphatic carbocycles. The van der Waals surface area contributed by atoms with Crippen molar-refractivity contribution in [2.75, 3.05) is 37.0 Å². The topological polar surface area (TPSA) is 80.5 Å². The molecule has 6 nitrogen and oxygen atoms in total. The van der Waals surface area contributed by atoms with E-state index in [1.807, 2.05) is 41.1 Å². The van der Waals surface area contributed by atoms with Crippen molar-refractivity contribution in [2.24, 2.45) is 11.7 Å². The van der Waals surface area contributed by atoms with Gasteiger partial charge in [0.15, 0.2) is 0 Å². The van der Waals surface area contributed by atoms with Crippen LogP contribution in [0.4, 0.5) is 11.4 Å². The molecule has 0 radical (unpaired) electrons. The van der Waals surface area contributed by atoms with E-state index in [1.54, 1.807) is 18.4 Å². The van der Waals surface area contributed by atoms with E-state index in [9.17, 15) is 4.79 Å². The molecule has 30 heavy (non-hydrogen) atoms. The number of ether oxygens (including phenoxy) is 1. The highest BCUT2D eigenvalue weighted by Crippen LogP contribution is 2.34. The Morgan fingerprint density at radius 3 is 3.03 bits per heavy atom. The number of methoxy groups -OCH3 is 1. The minimum Gasteiger partial charge on any atom is -0.497 e. The lowest BCUT2D eigenvalue weighted by Gasteiger charge is -2.35. The average Bonchev–Trinajstić information content (AvgIpc) is 3.46. The van der Waals surface area contributed by atoms with Gasteiger partial charge in [-0.1, -0.05) is 6.07 Å². The second-order valence-corrected chi connectivity index (χ2v) is 9.19. The number of nitrogens with zero attached hydrogens (tertiary/aromatic N) is 2. The Balaban J connectivity index is 1.56. The zero-order valence-corrected chi connectivity index (χ0v) is 18.6. The Hall–Kier alpha value is -2.42. The number of thiophene rings is 1. The van der Waals surface area contributed by atoms with Crippen LogP contribution in [0.1, 0.15) is 29.8 Å². The number of rotatable bonds is 7. The van der Waals surface area contributed by atoms with Crippen molar-refractivity contribution in [3.05, 3.63) is 46.8 Å².